The summed E-state index contributed by atoms with van der Waals surface area (Å²) < 4.78 is 5.70. The molecular weight excluding hydrogens is 266 g/mol. The quantitative estimate of drug-likeness (QED) is 0.845. The number of hydrogen-bond donors (Lipinski definition) is 2. The summed E-state index contributed by atoms with van der Waals surface area (Å²) in [5, 5.41) is 6.30. The van der Waals surface area contributed by atoms with Gasteiger partial charge in [-0.2, -0.15) is 0 Å². The van der Waals surface area contributed by atoms with Crippen LogP contribution in [0, 0.1) is 5.41 Å². The third-order valence-corrected chi connectivity index (χ3v) is 4.28. The summed E-state index contributed by atoms with van der Waals surface area (Å²) in [5.74, 6) is -0.0768. The minimum atomic E-state index is -0.0768. The van der Waals surface area contributed by atoms with Gasteiger partial charge in [0.25, 0.3) is 5.91 Å². The minimum absolute atomic E-state index is 0.0355. The molecule has 0 bridgehead atoms. The van der Waals surface area contributed by atoms with Gasteiger partial charge in [-0.3, -0.25) is 9.78 Å². The van der Waals surface area contributed by atoms with Gasteiger partial charge >= 0.3 is 0 Å². The summed E-state index contributed by atoms with van der Waals surface area (Å²) >= 11 is 0. The van der Waals surface area contributed by atoms with Gasteiger partial charge in [0.05, 0.1) is 17.4 Å². The van der Waals surface area contributed by atoms with Crippen LogP contribution in [0.3, 0.4) is 0 Å². The van der Waals surface area contributed by atoms with Crippen molar-refractivity contribution < 1.29 is 9.53 Å². The predicted molar refractivity (Wildman–Crippen MR) is 83.5 cm³/mol. The Balaban J connectivity index is 2.03. The molecule has 0 radical (unpaired) electrons. The number of nitrogens with zero attached hydrogens (tertiary/aromatic N) is 1. The summed E-state index contributed by atoms with van der Waals surface area (Å²) in [5.41, 5.74) is 1.38. The largest absolute Gasteiger partial charge is 0.385 e. The number of hydrogen-bond acceptors (Lipinski definition) is 4. The summed E-state index contributed by atoms with van der Waals surface area (Å²) in [6.45, 7) is 9.75. The van der Waals surface area contributed by atoms with Crippen LogP contribution in [0.1, 0.15) is 44.5 Å². The monoisotopic (exact) mass is 291 g/mol. The molecule has 5 heteroatoms. The van der Waals surface area contributed by atoms with Crippen molar-refractivity contribution in [3.8, 4) is 0 Å². The third-order valence-electron chi connectivity index (χ3n) is 4.28. The number of rotatable bonds is 6. The molecule has 0 aliphatic heterocycles. The van der Waals surface area contributed by atoms with E-state index >= 15 is 0 Å². The molecule has 1 aromatic heterocycles. The first kappa shape index (κ1) is 15.8. The topological polar surface area (TPSA) is 63.2 Å². The van der Waals surface area contributed by atoms with Crippen molar-refractivity contribution in [3.63, 3.8) is 0 Å². The summed E-state index contributed by atoms with van der Waals surface area (Å²) in [7, 11) is 0. The molecule has 21 heavy (non-hydrogen) atoms. The van der Waals surface area contributed by atoms with E-state index in [0.29, 0.717) is 12.2 Å². The number of ether oxygens (including phenoxy) is 1. The normalized spacial score (nSPS) is 23.2. The maximum atomic E-state index is 12.5. The molecule has 2 atom stereocenters. The molecular formula is C16H25N3O2. The van der Waals surface area contributed by atoms with Gasteiger partial charge in [0.15, 0.2) is 0 Å². The van der Waals surface area contributed by atoms with Gasteiger partial charge in [-0.05, 0) is 26.3 Å². The van der Waals surface area contributed by atoms with E-state index in [2.05, 4.69) is 29.5 Å². The number of amides is 1. The highest BCUT2D eigenvalue weighted by Gasteiger charge is 2.49. The van der Waals surface area contributed by atoms with E-state index in [1.807, 2.05) is 19.9 Å². The van der Waals surface area contributed by atoms with Crippen molar-refractivity contribution >= 4 is 11.6 Å². The lowest BCUT2D eigenvalue weighted by atomic mass is 9.64. The van der Waals surface area contributed by atoms with Crippen LogP contribution in [0.2, 0.25) is 0 Å². The Bertz CT molecular complexity index is 502. The molecule has 1 aromatic rings. The van der Waals surface area contributed by atoms with E-state index < -0.39 is 0 Å². The molecule has 0 aromatic carbocycles. The molecule has 1 heterocycles. The van der Waals surface area contributed by atoms with Crippen LogP contribution in [0.5, 0.6) is 0 Å². The van der Waals surface area contributed by atoms with E-state index in [1.165, 1.54) is 0 Å². The fourth-order valence-electron chi connectivity index (χ4n) is 2.77. The van der Waals surface area contributed by atoms with Crippen LogP contribution in [0.25, 0.3) is 0 Å². The minimum Gasteiger partial charge on any atom is -0.385 e. The zero-order chi connectivity index (χ0) is 15.5. The Morgan fingerprint density at radius 2 is 2.24 bits per heavy atom. The zero-order valence-corrected chi connectivity index (χ0v) is 13.3. The molecule has 2 unspecified atom stereocenters. The smallest absolute Gasteiger partial charge is 0.255 e. The van der Waals surface area contributed by atoms with Crippen LogP contribution in [-0.2, 0) is 4.74 Å². The summed E-state index contributed by atoms with van der Waals surface area (Å²) in [6.07, 6.45) is 4.38. The summed E-state index contributed by atoms with van der Waals surface area (Å²) in [6, 6.07) is 1.96. The van der Waals surface area contributed by atoms with E-state index in [1.54, 1.807) is 12.4 Å². The highest BCUT2D eigenvalue weighted by molar-refractivity contribution is 5.99. The van der Waals surface area contributed by atoms with Crippen LogP contribution in [0.4, 0.5) is 5.69 Å². The Morgan fingerprint density at radius 1 is 1.48 bits per heavy atom. The van der Waals surface area contributed by atoms with Gasteiger partial charge in [0, 0.05) is 37.0 Å². The lowest BCUT2D eigenvalue weighted by molar-refractivity contribution is -0.111. The number of carbonyl (C=O) groups excluding carboxylic acids is 1. The average Bonchev–Trinajstić information content (AvgIpc) is 2.47. The van der Waals surface area contributed by atoms with Crippen LogP contribution < -0.4 is 10.6 Å². The van der Waals surface area contributed by atoms with Gasteiger partial charge in [-0.25, -0.2) is 0 Å². The first-order valence-electron chi connectivity index (χ1n) is 7.61. The molecule has 2 N–H and O–H groups in total. The molecule has 1 amide bonds. The Morgan fingerprint density at radius 3 is 2.86 bits per heavy atom. The second-order valence-corrected chi connectivity index (χ2v) is 5.98. The van der Waals surface area contributed by atoms with Crippen molar-refractivity contribution in [1.29, 1.82) is 0 Å². The number of pyridine rings is 1. The summed E-state index contributed by atoms with van der Waals surface area (Å²) in [4.78, 5) is 16.5. The van der Waals surface area contributed by atoms with Crippen molar-refractivity contribution in [2.24, 2.45) is 5.41 Å². The Hall–Kier alpha value is -1.62. The fraction of sp³-hybridized carbons (Fsp3) is 0.625. The van der Waals surface area contributed by atoms with Crippen molar-refractivity contribution in [2.45, 2.75) is 46.3 Å². The highest BCUT2D eigenvalue weighted by Crippen LogP contribution is 2.42. The zero-order valence-electron chi connectivity index (χ0n) is 13.3. The van der Waals surface area contributed by atoms with Crippen LogP contribution in [0.15, 0.2) is 18.5 Å². The van der Waals surface area contributed by atoms with Gasteiger partial charge in [0.2, 0.25) is 0 Å². The fourth-order valence-corrected chi connectivity index (χ4v) is 2.77. The molecule has 1 saturated carbocycles. The van der Waals surface area contributed by atoms with E-state index in [0.717, 1.165) is 18.7 Å². The van der Waals surface area contributed by atoms with Crippen LogP contribution >= 0.6 is 0 Å². The SMILES string of the molecule is CCNc1ccncc1C(=O)NC1CC(OCC)C1(C)C. The number of anilines is 1. The molecule has 5 nitrogen and oxygen atoms in total. The first-order chi connectivity index (χ1) is 10.0. The van der Waals surface area contributed by atoms with Gasteiger partial charge in [0.1, 0.15) is 0 Å². The lowest BCUT2D eigenvalue weighted by Crippen LogP contribution is -2.62. The lowest BCUT2D eigenvalue weighted by Gasteiger charge is -2.51. The molecule has 0 saturated heterocycles. The highest BCUT2D eigenvalue weighted by atomic mass is 16.5. The first-order valence-corrected chi connectivity index (χ1v) is 7.61. The van der Waals surface area contributed by atoms with Crippen LogP contribution in [-0.4, -0.2) is 36.2 Å². The standard InChI is InChI=1S/C16H25N3O2/c1-5-18-12-7-8-17-10-11(12)15(20)19-13-9-14(21-6-2)16(13,3)4/h7-8,10,13-14H,5-6,9H2,1-4H3,(H,17,18)(H,19,20). The maximum absolute atomic E-state index is 12.5. The maximum Gasteiger partial charge on any atom is 0.255 e. The average molecular weight is 291 g/mol. The molecule has 2 rings (SSSR count). The van der Waals surface area contributed by atoms with Gasteiger partial charge in [-0.1, -0.05) is 13.8 Å². The van der Waals surface area contributed by atoms with Crippen molar-refractivity contribution in [2.75, 3.05) is 18.5 Å². The van der Waals surface area contributed by atoms with Gasteiger partial charge < -0.3 is 15.4 Å². The molecule has 116 valence electrons. The molecule has 1 aliphatic carbocycles. The molecule has 1 aliphatic rings. The van der Waals surface area contributed by atoms with E-state index in [-0.39, 0.29) is 23.5 Å². The molecule has 0 spiro atoms. The Labute approximate surface area is 126 Å². The van der Waals surface area contributed by atoms with Gasteiger partial charge in [-0.15, -0.1) is 0 Å². The Kier molecular flexibility index (Phi) is 4.83. The van der Waals surface area contributed by atoms with Crippen molar-refractivity contribution in [1.82, 2.24) is 10.3 Å². The molecule has 1 fully saturated rings. The van der Waals surface area contributed by atoms with Crippen molar-refractivity contribution in [3.05, 3.63) is 24.0 Å². The van der Waals surface area contributed by atoms with E-state index in [4.69, 9.17) is 4.74 Å². The number of nitrogens with one attached hydrogen (secondary N) is 2. The van der Waals surface area contributed by atoms with E-state index in [9.17, 15) is 4.79 Å². The number of carbonyl (C=O) groups is 1. The predicted octanol–water partition coefficient (Wildman–Crippen LogP) is 2.45. The number of aromatic nitrogens is 1. The third kappa shape index (κ3) is 3.18. The second-order valence-electron chi connectivity index (χ2n) is 5.98. The second kappa shape index (κ2) is 6.43.